The Bertz CT molecular complexity index is 887. The fourth-order valence-corrected chi connectivity index (χ4v) is 3.30. The van der Waals surface area contributed by atoms with Crippen LogP contribution in [-0.4, -0.2) is 16.2 Å². The lowest BCUT2D eigenvalue weighted by Crippen LogP contribution is -2.15. The molecule has 0 bridgehead atoms. The molecular weight excluding hydrogens is 314 g/mol. The number of rotatable bonds is 4. The third kappa shape index (κ3) is 3.45. The largest absolute Gasteiger partial charge is 0.306 e. The number of amides is 1. The molecule has 5 nitrogen and oxygen atoms in total. The Morgan fingerprint density at radius 2 is 1.80 bits per heavy atom. The van der Waals surface area contributed by atoms with E-state index in [1.807, 2.05) is 36.4 Å². The van der Waals surface area contributed by atoms with Gasteiger partial charge in [0.05, 0.1) is 6.42 Å². The van der Waals surface area contributed by atoms with Crippen molar-refractivity contribution >= 4 is 11.7 Å². The minimum atomic E-state index is -0.138. The van der Waals surface area contributed by atoms with Gasteiger partial charge in [0.2, 0.25) is 11.7 Å². The minimum Gasteiger partial charge on any atom is -0.306 e. The van der Waals surface area contributed by atoms with Crippen molar-refractivity contribution in [2.24, 2.45) is 0 Å². The van der Waals surface area contributed by atoms with Crippen LogP contribution in [0.3, 0.4) is 0 Å². The van der Waals surface area contributed by atoms with Gasteiger partial charge < -0.3 is 5.32 Å². The topological polar surface area (TPSA) is 68.0 Å². The molecule has 126 valence electrons. The standard InChI is InChI=1S/C20H19N3O2/c24-18(12-14-6-2-1-3-7-14)21-20-19(22-25-23-20)17-11-10-15-8-4-5-9-16(15)13-17/h1-3,6-7,10-11,13H,4-5,8-9,12H2,(H,21,23,24). The van der Waals surface area contributed by atoms with Crippen LogP contribution in [0.2, 0.25) is 0 Å². The fraction of sp³-hybridized carbons (Fsp3) is 0.250. The molecule has 1 N–H and O–H groups in total. The lowest BCUT2D eigenvalue weighted by molar-refractivity contribution is -0.115. The van der Waals surface area contributed by atoms with E-state index in [-0.39, 0.29) is 12.3 Å². The molecule has 0 aliphatic heterocycles. The van der Waals surface area contributed by atoms with Crippen LogP contribution in [0.25, 0.3) is 11.3 Å². The highest BCUT2D eigenvalue weighted by atomic mass is 16.6. The highest BCUT2D eigenvalue weighted by Crippen LogP contribution is 2.29. The average molecular weight is 333 g/mol. The molecule has 1 aliphatic carbocycles. The van der Waals surface area contributed by atoms with Gasteiger partial charge in [0.1, 0.15) is 0 Å². The van der Waals surface area contributed by atoms with E-state index >= 15 is 0 Å². The quantitative estimate of drug-likeness (QED) is 0.788. The summed E-state index contributed by atoms with van der Waals surface area (Å²) in [7, 11) is 0. The van der Waals surface area contributed by atoms with Crippen LogP contribution in [0.15, 0.2) is 53.2 Å². The zero-order valence-electron chi connectivity index (χ0n) is 13.9. The second kappa shape index (κ2) is 6.89. The van der Waals surface area contributed by atoms with E-state index in [2.05, 4.69) is 27.8 Å². The summed E-state index contributed by atoms with van der Waals surface area (Å²) in [4.78, 5) is 12.3. The molecule has 0 spiro atoms. The summed E-state index contributed by atoms with van der Waals surface area (Å²) in [6, 6.07) is 15.9. The van der Waals surface area contributed by atoms with Crippen molar-refractivity contribution in [2.75, 3.05) is 5.32 Å². The minimum absolute atomic E-state index is 0.138. The first-order valence-corrected chi connectivity index (χ1v) is 8.58. The Morgan fingerprint density at radius 1 is 1.00 bits per heavy atom. The number of aromatic nitrogens is 2. The van der Waals surface area contributed by atoms with Gasteiger partial charge in [-0.2, -0.15) is 0 Å². The maximum atomic E-state index is 12.3. The Balaban J connectivity index is 1.53. The van der Waals surface area contributed by atoms with E-state index in [4.69, 9.17) is 4.63 Å². The summed E-state index contributed by atoms with van der Waals surface area (Å²) in [5, 5.41) is 10.7. The van der Waals surface area contributed by atoms with Gasteiger partial charge in [-0.25, -0.2) is 4.63 Å². The van der Waals surface area contributed by atoms with Crippen LogP contribution in [0.5, 0.6) is 0 Å². The van der Waals surface area contributed by atoms with Gasteiger partial charge in [-0.15, -0.1) is 0 Å². The molecule has 1 aliphatic rings. The van der Waals surface area contributed by atoms with Crippen LogP contribution in [0.4, 0.5) is 5.82 Å². The molecular formula is C20H19N3O2. The number of fused-ring (bicyclic) bond motifs is 1. The number of aryl methyl sites for hydroxylation is 2. The third-order valence-corrected chi connectivity index (χ3v) is 4.58. The number of carbonyl (C=O) groups is 1. The predicted molar refractivity (Wildman–Crippen MR) is 95.2 cm³/mol. The van der Waals surface area contributed by atoms with E-state index in [9.17, 15) is 4.79 Å². The molecule has 2 aromatic carbocycles. The molecule has 0 saturated heterocycles. The van der Waals surface area contributed by atoms with Gasteiger partial charge in [-0.1, -0.05) is 42.5 Å². The van der Waals surface area contributed by atoms with Crippen molar-refractivity contribution in [3.05, 3.63) is 65.2 Å². The summed E-state index contributed by atoms with van der Waals surface area (Å²) < 4.78 is 4.88. The van der Waals surface area contributed by atoms with E-state index in [0.29, 0.717) is 11.5 Å². The summed E-state index contributed by atoms with van der Waals surface area (Å²) >= 11 is 0. The van der Waals surface area contributed by atoms with Gasteiger partial charge in [0, 0.05) is 5.56 Å². The Labute approximate surface area is 146 Å². The van der Waals surface area contributed by atoms with Gasteiger partial charge in [0.15, 0.2) is 5.69 Å². The van der Waals surface area contributed by atoms with Crippen molar-refractivity contribution in [3.63, 3.8) is 0 Å². The third-order valence-electron chi connectivity index (χ3n) is 4.58. The number of hydrogen-bond acceptors (Lipinski definition) is 4. The van der Waals surface area contributed by atoms with Gasteiger partial charge in [0.25, 0.3) is 0 Å². The molecule has 0 radical (unpaired) electrons. The molecule has 1 aromatic heterocycles. The van der Waals surface area contributed by atoms with Crippen LogP contribution in [0, 0.1) is 0 Å². The molecule has 5 heteroatoms. The van der Waals surface area contributed by atoms with Crippen LogP contribution >= 0.6 is 0 Å². The van der Waals surface area contributed by atoms with E-state index in [1.165, 1.54) is 24.0 Å². The average Bonchev–Trinajstić information content (AvgIpc) is 3.10. The predicted octanol–water partition coefficient (Wildman–Crippen LogP) is 3.80. The molecule has 25 heavy (non-hydrogen) atoms. The van der Waals surface area contributed by atoms with Crippen molar-refractivity contribution in [1.29, 1.82) is 0 Å². The number of carbonyl (C=O) groups excluding carboxylic acids is 1. The highest BCUT2D eigenvalue weighted by Gasteiger charge is 2.17. The fourth-order valence-electron chi connectivity index (χ4n) is 3.30. The molecule has 1 amide bonds. The lowest BCUT2D eigenvalue weighted by atomic mass is 9.90. The Morgan fingerprint density at radius 3 is 2.64 bits per heavy atom. The van der Waals surface area contributed by atoms with Gasteiger partial charge in [-0.3, -0.25) is 4.79 Å². The molecule has 0 fully saturated rings. The van der Waals surface area contributed by atoms with Crippen LogP contribution < -0.4 is 5.32 Å². The number of benzene rings is 2. The van der Waals surface area contributed by atoms with Crippen LogP contribution in [0.1, 0.15) is 29.5 Å². The maximum Gasteiger partial charge on any atom is 0.230 e. The number of nitrogens with zero attached hydrogens (tertiary/aromatic N) is 2. The van der Waals surface area contributed by atoms with E-state index in [1.54, 1.807) is 0 Å². The Hall–Kier alpha value is -2.95. The normalized spacial score (nSPS) is 13.3. The molecule has 0 saturated carbocycles. The maximum absolute atomic E-state index is 12.3. The van der Waals surface area contributed by atoms with Crippen molar-refractivity contribution in [3.8, 4) is 11.3 Å². The molecule has 4 rings (SSSR count). The van der Waals surface area contributed by atoms with E-state index in [0.717, 1.165) is 24.0 Å². The van der Waals surface area contributed by atoms with Crippen LogP contribution in [-0.2, 0) is 24.1 Å². The molecule has 1 heterocycles. The second-order valence-electron chi connectivity index (χ2n) is 6.36. The lowest BCUT2D eigenvalue weighted by Gasteiger charge is -2.16. The first kappa shape index (κ1) is 15.6. The van der Waals surface area contributed by atoms with Crippen molar-refractivity contribution in [2.45, 2.75) is 32.1 Å². The monoisotopic (exact) mass is 333 g/mol. The van der Waals surface area contributed by atoms with Gasteiger partial charge >= 0.3 is 0 Å². The second-order valence-corrected chi connectivity index (χ2v) is 6.36. The highest BCUT2D eigenvalue weighted by molar-refractivity contribution is 5.94. The smallest absolute Gasteiger partial charge is 0.230 e. The Kier molecular flexibility index (Phi) is 4.29. The zero-order chi connectivity index (χ0) is 17.1. The number of nitrogens with one attached hydrogen (secondary N) is 1. The number of anilines is 1. The van der Waals surface area contributed by atoms with Crippen molar-refractivity contribution in [1.82, 2.24) is 10.3 Å². The summed E-state index contributed by atoms with van der Waals surface area (Å²) in [5.41, 5.74) is 5.22. The number of hydrogen-bond donors (Lipinski definition) is 1. The summed E-state index contributed by atoms with van der Waals surface area (Å²) in [6.07, 6.45) is 4.97. The molecule has 0 atom stereocenters. The SMILES string of the molecule is O=C(Cc1ccccc1)Nc1nonc1-c1ccc2c(c1)CCCC2. The first-order chi connectivity index (χ1) is 12.3. The zero-order valence-corrected chi connectivity index (χ0v) is 13.9. The summed E-state index contributed by atoms with van der Waals surface area (Å²) in [6.45, 7) is 0. The van der Waals surface area contributed by atoms with Gasteiger partial charge in [-0.05, 0) is 58.8 Å². The van der Waals surface area contributed by atoms with E-state index < -0.39 is 0 Å². The molecule has 0 unspecified atom stereocenters. The summed E-state index contributed by atoms with van der Waals surface area (Å²) in [5.74, 6) is 0.234. The first-order valence-electron chi connectivity index (χ1n) is 8.58. The molecule has 3 aromatic rings. The van der Waals surface area contributed by atoms with Crippen molar-refractivity contribution < 1.29 is 9.42 Å².